The van der Waals surface area contributed by atoms with E-state index in [9.17, 15) is 9.59 Å². The van der Waals surface area contributed by atoms with E-state index in [1.165, 1.54) is 11.3 Å². The van der Waals surface area contributed by atoms with Gasteiger partial charge in [0.25, 0.3) is 5.56 Å². The van der Waals surface area contributed by atoms with E-state index in [-0.39, 0.29) is 12.2 Å². The molecule has 0 spiro atoms. The van der Waals surface area contributed by atoms with Gasteiger partial charge < -0.3 is 14.4 Å². The predicted octanol–water partition coefficient (Wildman–Crippen LogP) is 3.96. The lowest BCUT2D eigenvalue weighted by atomic mass is 9.95. The number of hydrogen-bond donors (Lipinski definition) is 0. The van der Waals surface area contributed by atoms with Crippen molar-refractivity contribution in [3.63, 3.8) is 0 Å². The van der Waals surface area contributed by atoms with Gasteiger partial charge in [0, 0.05) is 30.4 Å². The van der Waals surface area contributed by atoms with E-state index in [0.717, 1.165) is 35.5 Å². The molecule has 1 aliphatic rings. The highest BCUT2D eigenvalue weighted by Gasteiger charge is 2.33. The molecule has 0 N–H and O–H groups in total. The van der Waals surface area contributed by atoms with Crippen molar-refractivity contribution in [1.29, 1.82) is 0 Å². The van der Waals surface area contributed by atoms with Gasteiger partial charge in [0.05, 0.1) is 35.6 Å². The Morgan fingerprint density at radius 3 is 2.43 bits per heavy atom. The summed E-state index contributed by atoms with van der Waals surface area (Å²) >= 11 is 1.30. The van der Waals surface area contributed by atoms with Crippen LogP contribution in [0.1, 0.15) is 50.4 Å². The van der Waals surface area contributed by atoms with Gasteiger partial charge in [-0.2, -0.15) is 0 Å². The summed E-state index contributed by atoms with van der Waals surface area (Å²) < 4.78 is 13.2. The van der Waals surface area contributed by atoms with Crippen LogP contribution in [-0.4, -0.2) is 37.3 Å². The van der Waals surface area contributed by atoms with Crippen molar-refractivity contribution in [3.8, 4) is 5.75 Å². The third-order valence-corrected chi connectivity index (χ3v) is 7.53. The molecule has 8 heteroatoms. The van der Waals surface area contributed by atoms with Crippen LogP contribution in [0.5, 0.6) is 5.75 Å². The van der Waals surface area contributed by atoms with Crippen LogP contribution in [0.3, 0.4) is 0 Å². The summed E-state index contributed by atoms with van der Waals surface area (Å²) in [6.07, 6.45) is 1.84. The standard InChI is InChI=1S/C29H33N3O4S/c1-7-31(8-2)22-15-14-21(23(17-22)35-6)16-24-27(33)32-26(20-12-10-18(4)11-13-20)25(28(34)36-9-3)19(5)30-29(32)37-24/h10-17,26H,7-9H2,1-6H3/b24-16-. The Balaban J connectivity index is 1.90. The van der Waals surface area contributed by atoms with E-state index >= 15 is 0 Å². The van der Waals surface area contributed by atoms with Gasteiger partial charge in [-0.25, -0.2) is 9.79 Å². The molecule has 7 nitrogen and oxygen atoms in total. The number of hydrogen-bond acceptors (Lipinski definition) is 7. The molecule has 1 aromatic heterocycles. The Hall–Kier alpha value is -3.65. The molecule has 0 radical (unpaired) electrons. The van der Waals surface area contributed by atoms with Gasteiger partial charge in [0.15, 0.2) is 4.80 Å². The Labute approximate surface area is 221 Å². The first kappa shape index (κ1) is 26.4. The number of carbonyl (C=O) groups is 1. The van der Waals surface area contributed by atoms with Crippen molar-refractivity contribution in [3.05, 3.63) is 90.1 Å². The summed E-state index contributed by atoms with van der Waals surface area (Å²) in [5.41, 5.74) is 4.51. The molecule has 1 unspecified atom stereocenters. The molecule has 37 heavy (non-hydrogen) atoms. The maximum Gasteiger partial charge on any atom is 0.338 e. The number of aryl methyl sites for hydroxylation is 1. The fourth-order valence-electron chi connectivity index (χ4n) is 4.60. The maximum atomic E-state index is 13.8. The molecule has 0 aliphatic carbocycles. The number of aromatic nitrogens is 1. The number of carbonyl (C=O) groups excluding carboxylic acids is 1. The summed E-state index contributed by atoms with van der Waals surface area (Å²) in [4.78, 5) is 34.3. The van der Waals surface area contributed by atoms with E-state index < -0.39 is 12.0 Å². The van der Waals surface area contributed by atoms with Crippen LogP contribution < -0.4 is 24.5 Å². The minimum absolute atomic E-state index is 0.210. The van der Waals surface area contributed by atoms with Crippen LogP contribution in [-0.2, 0) is 9.53 Å². The van der Waals surface area contributed by atoms with Crippen LogP contribution in [0.15, 0.2) is 63.5 Å². The summed E-state index contributed by atoms with van der Waals surface area (Å²) in [5.74, 6) is 0.228. The third-order valence-electron chi connectivity index (χ3n) is 6.54. The fraction of sp³-hybridized carbons (Fsp3) is 0.345. The van der Waals surface area contributed by atoms with E-state index in [1.807, 2.05) is 55.5 Å². The molecule has 1 atom stereocenters. The number of thiazole rings is 1. The summed E-state index contributed by atoms with van der Waals surface area (Å²) in [7, 11) is 1.63. The Bertz CT molecular complexity index is 1510. The molecule has 0 amide bonds. The number of ether oxygens (including phenoxy) is 2. The average Bonchev–Trinajstić information content (AvgIpc) is 3.19. The van der Waals surface area contributed by atoms with Gasteiger partial charge in [0.1, 0.15) is 5.75 Å². The maximum absolute atomic E-state index is 13.8. The lowest BCUT2D eigenvalue weighted by Crippen LogP contribution is -2.39. The van der Waals surface area contributed by atoms with E-state index in [4.69, 9.17) is 9.47 Å². The number of benzene rings is 2. The number of nitrogens with zero attached hydrogens (tertiary/aromatic N) is 3. The van der Waals surface area contributed by atoms with Gasteiger partial charge >= 0.3 is 5.97 Å². The first-order chi connectivity index (χ1) is 17.8. The van der Waals surface area contributed by atoms with Crippen molar-refractivity contribution >= 4 is 29.1 Å². The highest BCUT2D eigenvalue weighted by molar-refractivity contribution is 7.07. The molecular weight excluding hydrogens is 486 g/mol. The van der Waals surface area contributed by atoms with Crippen LogP contribution in [0.25, 0.3) is 6.08 Å². The highest BCUT2D eigenvalue weighted by atomic mass is 32.1. The number of allylic oxidation sites excluding steroid dienone is 1. The molecular formula is C29H33N3O4S. The van der Waals surface area contributed by atoms with Crippen molar-refractivity contribution in [2.24, 2.45) is 4.99 Å². The zero-order valence-electron chi connectivity index (χ0n) is 22.2. The van der Waals surface area contributed by atoms with Gasteiger partial charge in [-0.15, -0.1) is 0 Å². The first-order valence-corrected chi connectivity index (χ1v) is 13.3. The zero-order valence-corrected chi connectivity index (χ0v) is 23.0. The Morgan fingerprint density at radius 1 is 1.11 bits per heavy atom. The van der Waals surface area contributed by atoms with Gasteiger partial charge in [0.2, 0.25) is 0 Å². The molecule has 2 aromatic carbocycles. The monoisotopic (exact) mass is 519 g/mol. The smallest absolute Gasteiger partial charge is 0.338 e. The van der Waals surface area contributed by atoms with E-state index in [2.05, 4.69) is 23.7 Å². The lowest BCUT2D eigenvalue weighted by molar-refractivity contribution is -0.139. The lowest BCUT2D eigenvalue weighted by Gasteiger charge is -2.24. The number of fused-ring (bicyclic) bond motifs is 1. The van der Waals surface area contributed by atoms with Crippen molar-refractivity contribution in [2.75, 3.05) is 31.7 Å². The Morgan fingerprint density at radius 2 is 1.81 bits per heavy atom. The quantitative estimate of drug-likeness (QED) is 0.421. The number of anilines is 1. The third kappa shape index (κ3) is 5.11. The first-order valence-electron chi connectivity index (χ1n) is 12.5. The minimum Gasteiger partial charge on any atom is -0.496 e. The topological polar surface area (TPSA) is 73.1 Å². The summed E-state index contributed by atoms with van der Waals surface area (Å²) in [6, 6.07) is 13.2. The molecule has 0 bridgehead atoms. The van der Waals surface area contributed by atoms with Gasteiger partial charge in [-0.05, 0) is 58.4 Å². The normalized spacial score (nSPS) is 15.3. The van der Waals surface area contributed by atoms with Crippen LogP contribution in [0.4, 0.5) is 5.69 Å². The number of rotatable bonds is 8. The van der Waals surface area contributed by atoms with Gasteiger partial charge in [-0.3, -0.25) is 9.36 Å². The molecule has 2 heterocycles. The predicted molar refractivity (Wildman–Crippen MR) is 148 cm³/mol. The van der Waals surface area contributed by atoms with Crippen LogP contribution in [0, 0.1) is 6.92 Å². The molecule has 1 aliphatic heterocycles. The highest BCUT2D eigenvalue weighted by Crippen LogP contribution is 2.31. The Kier molecular flexibility index (Phi) is 7.97. The second-order valence-electron chi connectivity index (χ2n) is 8.81. The second kappa shape index (κ2) is 11.2. The molecule has 3 aromatic rings. The molecule has 0 saturated heterocycles. The average molecular weight is 520 g/mol. The van der Waals surface area contributed by atoms with Gasteiger partial charge in [-0.1, -0.05) is 41.2 Å². The minimum atomic E-state index is -0.620. The van der Waals surface area contributed by atoms with Crippen molar-refractivity contribution in [2.45, 2.75) is 40.7 Å². The molecule has 0 saturated carbocycles. The largest absolute Gasteiger partial charge is 0.496 e. The molecule has 194 valence electrons. The SMILES string of the molecule is CCOC(=O)C1=C(C)N=c2s/c(=C\c3ccc(N(CC)CC)cc3OC)c(=O)n2C1c1ccc(C)cc1. The fourth-order valence-corrected chi connectivity index (χ4v) is 5.64. The van der Waals surface area contributed by atoms with Crippen LogP contribution in [0.2, 0.25) is 0 Å². The van der Waals surface area contributed by atoms with Crippen LogP contribution >= 0.6 is 11.3 Å². The summed E-state index contributed by atoms with van der Waals surface area (Å²) in [5, 5.41) is 0. The molecule has 0 fully saturated rings. The van der Waals surface area contributed by atoms with Crippen molar-refractivity contribution < 1.29 is 14.3 Å². The zero-order chi connectivity index (χ0) is 26.7. The number of esters is 1. The number of methoxy groups -OCH3 is 1. The second-order valence-corrected chi connectivity index (χ2v) is 9.82. The van der Waals surface area contributed by atoms with E-state index in [1.54, 1.807) is 25.5 Å². The van der Waals surface area contributed by atoms with E-state index in [0.29, 0.717) is 26.4 Å². The summed E-state index contributed by atoms with van der Waals surface area (Å²) in [6.45, 7) is 11.8. The van der Waals surface area contributed by atoms with Crippen molar-refractivity contribution in [1.82, 2.24) is 4.57 Å². The molecule has 4 rings (SSSR count).